The van der Waals surface area contributed by atoms with Crippen molar-refractivity contribution in [3.05, 3.63) is 48.9 Å². The van der Waals surface area contributed by atoms with E-state index in [1.54, 1.807) is 6.20 Å². The maximum absolute atomic E-state index is 4.18. The van der Waals surface area contributed by atoms with E-state index in [2.05, 4.69) is 10.4 Å². The number of hydrogen-bond donors (Lipinski definition) is 1. The van der Waals surface area contributed by atoms with Crippen LogP contribution in [0.25, 0.3) is 0 Å². The van der Waals surface area contributed by atoms with Crippen LogP contribution in [0.4, 0.5) is 5.82 Å². The standard InChI is InChI=1S/C9H9N3/c1-2-6-10-9(5-1)12-8-4-3-7-11-12/h1-8,11H. The third-order valence-electron chi connectivity index (χ3n) is 1.55. The molecule has 2 rings (SSSR count). The van der Waals surface area contributed by atoms with E-state index in [0.29, 0.717) is 0 Å². The summed E-state index contributed by atoms with van der Waals surface area (Å²) in [6.45, 7) is 0. The van der Waals surface area contributed by atoms with Gasteiger partial charge in [0.15, 0.2) is 5.82 Å². The zero-order valence-corrected chi connectivity index (χ0v) is 6.51. The van der Waals surface area contributed by atoms with Gasteiger partial charge in [-0.15, -0.1) is 0 Å². The van der Waals surface area contributed by atoms with Crippen molar-refractivity contribution in [2.24, 2.45) is 0 Å². The van der Waals surface area contributed by atoms with Crippen molar-refractivity contribution in [1.82, 2.24) is 10.4 Å². The lowest BCUT2D eigenvalue weighted by atomic mass is 10.4. The maximum Gasteiger partial charge on any atom is 0.151 e. The number of hydrogen-bond acceptors (Lipinski definition) is 3. The van der Waals surface area contributed by atoms with Gasteiger partial charge in [-0.05, 0) is 24.3 Å². The van der Waals surface area contributed by atoms with E-state index in [0.717, 1.165) is 5.82 Å². The number of nitrogens with zero attached hydrogens (tertiary/aromatic N) is 2. The molecule has 12 heavy (non-hydrogen) atoms. The third-order valence-corrected chi connectivity index (χ3v) is 1.55. The van der Waals surface area contributed by atoms with Gasteiger partial charge in [0, 0.05) is 18.6 Å². The molecule has 0 atom stereocenters. The Morgan fingerprint density at radius 1 is 1.25 bits per heavy atom. The second-order valence-corrected chi connectivity index (χ2v) is 2.39. The van der Waals surface area contributed by atoms with E-state index in [4.69, 9.17) is 0 Å². The minimum atomic E-state index is 0.887. The van der Waals surface area contributed by atoms with Crippen LogP contribution < -0.4 is 10.4 Å². The first-order valence-electron chi connectivity index (χ1n) is 3.76. The smallest absolute Gasteiger partial charge is 0.151 e. The van der Waals surface area contributed by atoms with E-state index in [1.807, 2.05) is 47.8 Å². The van der Waals surface area contributed by atoms with Crippen LogP contribution >= 0.6 is 0 Å². The number of hydrazine groups is 1. The summed E-state index contributed by atoms with van der Waals surface area (Å²) < 4.78 is 0. The lowest BCUT2D eigenvalue weighted by molar-refractivity contribution is 0.848. The Bertz CT molecular complexity index is 303. The topological polar surface area (TPSA) is 28.2 Å². The van der Waals surface area contributed by atoms with Crippen molar-refractivity contribution in [2.75, 3.05) is 5.01 Å². The SMILES string of the molecule is C1=CNN(c2ccccn2)C=C1. The van der Waals surface area contributed by atoms with E-state index in [1.165, 1.54) is 0 Å². The molecule has 0 aliphatic carbocycles. The molecule has 0 unspecified atom stereocenters. The Kier molecular flexibility index (Phi) is 1.78. The van der Waals surface area contributed by atoms with Crippen LogP contribution in [0.15, 0.2) is 48.9 Å². The zero-order chi connectivity index (χ0) is 8.23. The van der Waals surface area contributed by atoms with Crippen molar-refractivity contribution < 1.29 is 0 Å². The minimum Gasteiger partial charge on any atom is -0.300 e. The Balaban J connectivity index is 2.21. The number of nitrogens with one attached hydrogen (secondary N) is 1. The Morgan fingerprint density at radius 3 is 2.92 bits per heavy atom. The van der Waals surface area contributed by atoms with E-state index < -0.39 is 0 Å². The molecule has 0 saturated carbocycles. The van der Waals surface area contributed by atoms with Crippen LogP contribution in [-0.4, -0.2) is 4.98 Å². The van der Waals surface area contributed by atoms with Crippen LogP contribution in [0, 0.1) is 0 Å². The van der Waals surface area contributed by atoms with Crippen molar-refractivity contribution in [3.8, 4) is 0 Å². The molecule has 3 heteroatoms. The first-order chi connectivity index (χ1) is 5.97. The summed E-state index contributed by atoms with van der Waals surface area (Å²) in [5, 5.41) is 1.85. The van der Waals surface area contributed by atoms with Crippen LogP contribution in [0.5, 0.6) is 0 Å². The highest BCUT2D eigenvalue weighted by Gasteiger charge is 2.01. The number of aromatic nitrogens is 1. The highest BCUT2D eigenvalue weighted by Crippen LogP contribution is 2.08. The quantitative estimate of drug-likeness (QED) is 0.672. The van der Waals surface area contributed by atoms with Crippen LogP contribution in [0.2, 0.25) is 0 Å². The number of anilines is 1. The molecule has 0 amide bonds. The van der Waals surface area contributed by atoms with Crippen LogP contribution in [0.1, 0.15) is 0 Å². The van der Waals surface area contributed by atoms with Gasteiger partial charge in [0.2, 0.25) is 0 Å². The summed E-state index contributed by atoms with van der Waals surface area (Å²) in [7, 11) is 0. The predicted molar refractivity (Wildman–Crippen MR) is 48.1 cm³/mol. The molecule has 1 aromatic heterocycles. The zero-order valence-electron chi connectivity index (χ0n) is 6.51. The molecule has 0 spiro atoms. The molecule has 2 heterocycles. The van der Waals surface area contributed by atoms with Gasteiger partial charge in [-0.25, -0.2) is 9.99 Å². The fraction of sp³-hybridized carbons (Fsp3) is 0. The van der Waals surface area contributed by atoms with Gasteiger partial charge >= 0.3 is 0 Å². The number of rotatable bonds is 1. The van der Waals surface area contributed by atoms with Crippen LogP contribution in [-0.2, 0) is 0 Å². The molecule has 0 aromatic carbocycles. The number of allylic oxidation sites excluding steroid dienone is 2. The Morgan fingerprint density at radius 2 is 2.25 bits per heavy atom. The fourth-order valence-corrected chi connectivity index (χ4v) is 0.996. The van der Waals surface area contributed by atoms with Crippen molar-refractivity contribution in [1.29, 1.82) is 0 Å². The molecule has 60 valence electrons. The second kappa shape index (κ2) is 3.09. The van der Waals surface area contributed by atoms with Gasteiger partial charge < -0.3 is 5.43 Å². The van der Waals surface area contributed by atoms with Gasteiger partial charge in [-0.1, -0.05) is 6.07 Å². The summed E-state index contributed by atoms with van der Waals surface area (Å²) in [4.78, 5) is 4.18. The second-order valence-electron chi connectivity index (χ2n) is 2.39. The molecule has 1 aliphatic rings. The van der Waals surface area contributed by atoms with Crippen molar-refractivity contribution >= 4 is 5.82 Å². The third kappa shape index (κ3) is 1.29. The lowest BCUT2D eigenvalue weighted by Gasteiger charge is -2.20. The summed E-state index contributed by atoms with van der Waals surface area (Å²) in [5.41, 5.74) is 3.04. The average molecular weight is 159 g/mol. The number of pyridine rings is 1. The average Bonchev–Trinajstić information content (AvgIpc) is 2.21. The van der Waals surface area contributed by atoms with Crippen LogP contribution in [0.3, 0.4) is 0 Å². The van der Waals surface area contributed by atoms with Crippen molar-refractivity contribution in [2.45, 2.75) is 0 Å². The van der Waals surface area contributed by atoms with Gasteiger partial charge in [0.25, 0.3) is 0 Å². The molecule has 1 aromatic rings. The normalized spacial score (nSPS) is 14.5. The molecule has 0 radical (unpaired) electrons. The largest absolute Gasteiger partial charge is 0.300 e. The fourth-order valence-electron chi connectivity index (χ4n) is 0.996. The van der Waals surface area contributed by atoms with Gasteiger partial charge in [0.05, 0.1) is 0 Å². The first kappa shape index (κ1) is 6.91. The van der Waals surface area contributed by atoms with Gasteiger partial charge in [-0.2, -0.15) is 0 Å². The molecule has 1 aliphatic heterocycles. The maximum atomic E-state index is 4.18. The van der Waals surface area contributed by atoms with Gasteiger partial charge in [-0.3, -0.25) is 0 Å². The molecule has 0 bridgehead atoms. The summed E-state index contributed by atoms with van der Waals surface area (Å²) in [5.74, 6) is 0.887. The lowest BCUT2D eigenvalue weighted by Crippen LogP contribution is -2.30. The summed E-state index contributed by atoms with van der Waals surface area (Å²) in [6, 6.07) is 5.79. The monoisotopic (exact) mass is 159 g/mol. The van der Waals surface area contributed by atoms with Crippen molar-refractivity contribution in [3.63, 3.8) is 0 Å². The Hall–Kier alpha value is -1.77. The molecule has 1 N–H and O–H groups in total. The highest BCUT2D eigenvalue weighted by atomic mass is 15.5. The summed E-state index contributed by atoms with van der Waals surface area (Å²) >= 11 is 0. The van der Waals surface area contributed by atoms with E-state index in [9.17, 15) is 0 Å². The first-order valence-corrected chi connectivity index (χ1v) is 3.76. The molecular weight excluding hydrogens is 150 g/mol. The minimum absolute atomic E-state index is 0.887. The van der Waals surface area contributed by atoms with E-state index >= 15 is 0 Å². The molecule has 0 fully saturated rings. The predicted octanol–water partition coefficient (Wildman–Crippen LogP) is 1.43. The molecule has 3 nitrogen and oxygen atoms in total. The highest BCUT2D eigenvalue weighted by molar-refractivity contribution is 5.41. The molecular formula is C9H9N3. The van der Waals surface area contributed by atoms with E-state index in [-0.39, 0.29) is 0 Å². The summed E-state index contributed by atoms with van der Waals surface area (Å²) in [6.07, 6.45) is 9.42. The molecule has 0 saturated heterocycles. The van der Waals surface area contributed by atoms with Gasteiger partial charge in [0.1, 0.15) is 0 Å². The Labute approximate surface area is 71.0 Å².